The second kappa shape index (κ2) is 20.1. The average Bonchev–Trinajstić information content (AvgIpc) is 1.54. The van der Waals surface area contributed by atoms with E-state index in [1.54, 1.807) is 0 Å². The van der Waals surface area contributed by atoms with Gasteiger partial charge in [0.2, 0.25) is 0 Å². The lowest BCUT2D eigenvalue weighted by molar-refractivity contribution is 0.668. The van der Waals surface area contributed by atoms with Crippen LogP contribution in [0.1, 0.15) is 0 Å². The molecule has 8 nitrogen and oxygen atoms in total. The maximum atomic E-state index is 6.30. The first kappa shape index (κ1) is 53.1. The molecule has 0 N–H and O–H groups in total. The molecule has 0 unspecified atom stereocenters. The summed E-state index contributed by atoms with van der Waals surface area (Å²) >= 11 is 0. The van der Waals surface area contributed by atoms with Crippen molar-refractivity contribution in [3.05, 3.63) is 309 Å². The highest BCUT2D eigenvalue weighted by Gasteiger charge is 2.24. The quantitative estimate of drug-likeness (QED) is 0.159. The summed E-state index contributed by atoms with van der Waals surface area (Å²) < 4.78 is 26.0. The Morgan fingerprint density at radius 1 is 0.214 bits per heavy atom. The summed E-state index contributed by atoms with van der Waals surface area (Å²) in [7, 11) is 0. The first-order chi connectivity index (χ1) is 48.5. The highest BCUT2D eigenvalue weighted by molar-refractivity contribution is 6.17. The normalized spacial score (nSPS) is 12.3. The van der Waals surface area contributed by atoms with Gasteiger partial charge in [-0.1, -0.05) is 170 Å². The summed E-state index contributed by atoms with van der Waals surface area (Å²) in [5.74, 6) is 1.42. The van der Waals surface area contributed by atoms with Crippen LogP contribution in [0, 0.1) is 0 Å². The highest BCUT2D eigenvalue weighted by atomic mass is 16.3. The van der Waals surface area contributed by atoms with Gasteiger partial charge in [-0.2, -0.15) is 0 Å². The van der Waals surface area contributed by atoms with E-state index in [4.69, 9.17) is 23.2 Å². The lowest BCUT2D eigenvalue weighted by Gasteiger charge is -2.17. The molecule has 7 aromatic heterocycles. The number of rotatable bonds is 7. The number of nitrogens with zero attached hydrogens (tertiary/aromatic N) is 5. The number of para-hydroxylation sites is 6. The van der Waals surface area contributed by atoms with E-state index in [2.05, 4.69) is 287 Å². The Labute approximate surface area is 557 Å². The maximum absolute atomic E-state index is 6.30. The Hall–Kier alpha value is -13.3. The third kappa shape index (κ3) is 7.70. The van der Waals surface area contributed by atoms with Gasteiger partial charge in [0.25, 0.3) is 0 Å². The van der Waals surface area contributed by atoms with Crippen molar-refractivity contribution in [2.75, 3.05) is 0 Å². The maximum Gasteiger partial charge on any atom is 0.162 e. The molecule has 0 aliphatic rings. The van der Waals surface area contributed by atoms with Crippen molar-refractivity contribution < 1.29 is 13.3 Å². The molecule has 0 amide bonds. The van der Waals surface area contributed by atoms with Crippen molar-refractivity contribution in [2.45, 2.75) is 0 Å². The largest absolute Gasteiger partial charge is 0.456 e. The summed E-state index contributed by atoms with van der Waals surface area (Å²) in [4.78, 5) is 11.6. The number of fused-ring (bicyclic) bond motifs is 20. The van der Waals surface area contributed by atoms with Gasteiger partial charge in [-0.05, 0) is 178 Å². The van der Waals surface area contributed by atoms with Crippen LogP contribution in [-0.4, -0.2) is 23.7 Å². The van der Waals surface area contributed by atoms with Crippen LogP contribution in [0.3, 0.4) is 0 Å². The number of furan rings is 3. The third-order valence-electron chi connectivity index (χ3n) is 20.7. The van der Waals surface area contributed by atoms with E-state index < -0.39 is 0 Å². The topological polar surface area (TPSA) is 80.0 Å². The van der Waals surface area contributed by atoms with E-state index in [1.165, 1.54) is 21.5 Å². The molecule has 0 aliphatic heterocycles. The fraction of sp³-hybridized carbons (Fsp3) is 0. The van der Waals surface area contributed by atoms with Gasteiger partial charge in [-0.15, -0.1) is 0 Å². The standard InChI is InChI=1S/C90H51N5O3/c1-2-16-60-59(15-1)67(36-41-79(60)94-77-24-10-4-18-62(77)69-46-53(30-39-81(69)94)56-33-43-87-72(49-56)65-21-7-13-27-84(65)97-87)89-91-75-37-35-58(93-76-23-9-3-17-61(76)68-45-52(29-38-80(68)93)55-32-42-86-71(48-55)64-20-6-12-26-83(64)96-86)51-74(75)90(92-89)95-78-25-11-5-19-63(78)70-47-54(31-40-82(70)95)57-34-44-88-73(50-57)66-22-8-14-28-85(66)98-88/h1-51H. The van der Waals surface area contributed by atoms with E-state index in [-0.39, 0.29) is 0 Å². The van der Waals surface area contributed by atoms with Crippen LogP contribution in [0.25, 0.3) is 215 Å². The zero-order valence-electron chi connectivity index (χ0n) is 52.4. The predicted octanol–water partition coefficient (Wildman–Crippen LogP) is 24.4. The van der Waals surface area contributed by atoms with E-state index in [9.17, 15) is 0 Å². The molecule has 0 bridgehead atoms. The summed E-state index contributed by atoms with van der Waals surface area (Å²) in [5.41, 5.74) is 22.5. The fourth-order valence-corrected chi connectivity index (χ4v) is 16.1. The minimum absolute atomic E-state index is 0.631. The molecular formula is C90H51N5O3. The molecule has 7 heterocycles. The molecule has 0 aliphatic carbocycles. The number of benzene rings is 15. The summed E-state index contributed by atoms with van der Waals surface area (Å²) in [6.07, 6.45) is 0. The zero-order valence-corrected chi connectivity index (χ0v) is 52.4. The zero-order chi connectivity index (χ0) is 63.8. The highest BCUT2D eigenvalue weighted by Crippen LogP contribution is 2.45. The summed E-state index contributed by atoms with van der Waals surface area (Å²) in [5, 5.41) is 16.7. The number of aromatic nitrogens is 5. The molecule has 0 radical (unpaired) electrons. The van der Waals surface area contributed by atoms with Gasteiger partial charge >= 0.3 is 0 Å². The van der Waals surface area contributed by atoms with Crippen molar-refractivity contribution in [1.29, 1.82) is 0 Å². The average molecular weight is 1250 g/mol. The summed E-state index contributed by atoms with van der Waals surface area (Å²) in [6.45, 7) is 0. The fourth-order valence-electron chi connectivity index (χ4n) is 16.1. The second-order valence-corrected chi connectivity index (χ2v) is 25.9. The van der Waals surface area contributed by atoms with Crippen molar-refractivity contribution in [3.8, 4) is 62.0 Å². The lowest BCUT2D eigenvalue weighted by Crippen LogP contribution is -2.04. The van der Waals surface area contributed by atoms with Gasteiger partial charge in [0.05, 0.1) is 44.3 Å². The smallest absolute Gasteiger partial charge is 0.162 e. The molecule has 0 fully saturated rings. The van der Waals surface area contributed by atoms with Gasteiger partial charge in [0.15, 0.2) is 5.82 Å². The molecular weight excluding hydrogens is 1200 g/mol. The minimum atomic E-state index is 0.631. The Kier molecular flexibility index (Phi) is 10.9. The molecule has 0 spiro atoms. The van der Waals surface area contributed by atoms with Gasteiger partial charge in [0.1, 0.15) is 39.3 Å². The van der Waals surface area contributed by atoms with Crippen LogP contribution < -0.4 is 0 Å². The minimum Gasteiger partial charge on any atom is -0.456 e. The monoisotopic (exact) mass is 1250 g/mol. The van der Waals surface area contributed by atoms with Crippen molar-refractivity contribution in [2.24, 2.45) is 0 Å². The summed E-state index contributed by atoms with van der Waals surface area (Å²) in [6, 6.07) is 111. The molecule has 22 rings (SSSR count). The van der Waals surface area contributed by atoms with Crippen LogP contribution in [0.5, 0.6) is 0 Å². The number of hydrogen-bond acceptors (Lipinski definition) is 5. The van der Waals surface area contributed by atoms with Crippen molar-refractivity contribution in [1.82, 2.24) is 23.7 Å². The molecule has 98 heavy (non-hydrogen) atoms. The van der Waals surface area contributed by atoms with Crippen molar-refractivity contribution in [3.63, 3.8) is 0 Å². The van der Waals surface area contributed by atoms with Crippen LogP contribution in [0.4, 0.5) is 0 Å². The third-order valence-corrected chi connectivity index (χ3v) is 20.7. The van der Waals surface area contributed by atoms with Crippen LogP contribution in [-0.2, 0) is 0 Å². The Morgan fingerprint density at radius 2 is 0.571 bits per heavy atom. The van der Waals surface area contributed by atoms with Gasteiger partial charge in [-0.25, -0.2) is 9.97 Å². The van der Waals surface area contributed by atoms with E-state index >= 15 is 0 Å². The molecule has 15 aromatic carbocycles. The SMILES string of the molecule is c1ccc2c(c1)oc1ccc(-c3ccc4c(c3)c3ccccc3n4-c3ccc4nc(-c5ccc(-n6c7ccccc7c7cc(-c8ccc9oc%10ccccc%10c9c8)ccc76)c6ccccc56)nc(-n5c6ccccc6c6cc(-c7ccc8oc9ccccc9c8c7)ccc65)c4c3)cc12. The lowest BCUT2D eigenvalue weighted by atomic mass is 10.0. The molecule has 0 saturated heterocycles. The van der Waals surface area contributed by atoms with Crippen molar-refractivity contribution >= 4 is 153 Å². The predicted molar refractivity (Wildman–Crippen MR) is 404 cm³/mol. The molecule has 0 atom stereocenters. The van der Waals surface area contributed by atoms with Gasteiger partial charge < -0.3 is 22.4 Å². The Morgan fingerprint density at radius 3 is 1.06 bits per heavy atom. The first-order valence-electron chi connectivity index (χ1n) is 33.3. The van der Waals surface area contributed by atoms with Crippen LogP contribution in [0.2, 0.25) is 0 Å². The van der Waals surface area contributed by atoms with E-state index in [0.717, 1.165) is 188 Å². The molecule has 0 saturated carbocycles. The molecule has 22 aromatic rings. The van der Waals surface area contributed by atoms with Gasteiger partial charge in [0, 0.05) is 86.7 Å². The van der Waals surface area contributed by atoms with Crippen LogP contribution in [0.15, 0.2) is 323 Å². The van der Waals surface area contributed by atoms with Crippen LogP contribution >= 0.6 is 0 Å². The second-order valence-electron chi connectivity index (χ2n) is 25.9. The van der Waals surface area contributed by atoms with E-state index in [0.29, 0.717) is 5.82 Å². The van der Waals surface area contributed by atoms with Gasteiger partial charge in [-0.3, -0.25) is 4.57 Å². The first-order valence-corrected chi connectivity index (χ1v) is 33.3. The number of hydrogen-bond donors (Lipinski definition) is 0. The Balaban J connectivity index is 0.737. The van der Waals surface area contributed by atoms with E-state index in [1.807, 2.05) is 36.4 Å². The molecule has 454 valence electrons. The Bertz CT molecular complexity index is 7210. The molecule has 8 heteroatoms.